The summed E-state index contributed by atoms with van der Waals surface area (Å²) in [5, 5.41) is 3.37. The summed E-state index contributed by atoms with van der Waals surface area (Å²) in [6, 6.07) is 4.91. The number of rotatable bonds is 7. The second kappa shape index (κ2) is 7.22. The number of aryl methyl sites for hydroxylation is 1. The van der Waals surface area contributed by atoms with Crippen molar-refractivity contribution in [2.75, 3.05) is 13.7 Å². The van der Waals surface area contributed by atoms with Crippen LogP contribution in [0.15, 0.2) is 30.6 Å². The van der Waals surface area contributed by atoms with Crippen LogP contribution < -0.4 is 10.1 Å². The highest BCUT2D eigenvalue weighted by molar-refractivity contribution is 5.33. The summed E-state index contributed by atoms with van der Waals surface area (Å²) in [5.74, 6) is 0.806. The van der Waals surface area contributed by atoms with Crippen LogP contribution >= 0.6 is 0 Å². The van der Waals surface area contributed by atoms with E-state index >= 15 is 0 Å². The molecule has 0 aliphatic rings. The molecule has 0 aliphatic carbocycles. The third-order valence-electron chi connectivity index (χ3n) is 3.39. The maximum Gasteiger partial charge on any atom is 0.165 e. The van der Waals surface area contributed by atoms with Crippen molar-refractivity contribution in [3.63, 3.8) is 0 Å². The quantitative estimate of drug-likeness (QED) is 0.852. The number of aromatic nitrogens is 2. The van der Waals surface area contributed by atoms with Crippen LogP contribution in [0.2, 0.25) is 0 Å². The van der Waals surface area contributed by atoms with Crippen molar-refractivity contribution in [2.45, 2.75) is 32.9 Å². The Hall–Kier alpha value is -1.88. The minimum atomic E-state index is -0.355. The van der Waals surface area contributed by atoms with Gasteiger partial charge in [0.15, 0.2) is 11.6 Å². The van der Waals surface area contributed by atoms with Crippen LogP contribution in [-0.4, -0.2) is 23.2 Å². The molecule has 0 amide bonds. The summed E-state index contributed by atoms with van der Waals surface area (Å²) in [5.41, 5.74) is 0.846. The first-order chi connectivity index (χ1) is 10.2. The Balaban J connectivity index is 2.38. The topological polar surface area (TPSA) is 39.1 Å². The number of ether oxygens (including phenoxy) is 1. The molecule has 0 saturated carbocycles. The standard InChI is InChI=1S/C16H22FN3O/c1-4-9-20-10-8-19-16(20)15(18-5-2)12-6-7-14(21-3)13(17)11-12/h6-8,10-11,15,18H,4-5,9H2,1-3H3. The highest BCUT2D eigenvalue weighted by Gasteiger charge is 2.19. The van der Waals surface area contributed by atoms with Crippen molar-refractivity contribution in [1.29, 1.82) is 0 Å². The van der Waals surface area contributed by atoms with Crippen LogP contribution in [0.3, 0.4) is 0 Å². The summed E-state index contributed by atoms with van der Waals surface area (Å²) in [7, 11) is 1.47. The Labute approximate surface area is 125 Å². The van der Waals surface area contributed by atoms with Gasteiger partial charge in [-0.25, -0.2) is 9.37 Å². The molecule has 1 aromatic heterocycles. The van der Waals surface area contributed by atoms with E-state index in [-0.39, 0.29) is 17.6 Å². The zero-order valence-electron chi connectivity index (χ0n) is 12.8. The van der Waals surface area contributed by atoms with E-state index in [0.717, 1.165) is 30.9 Å². The fourth-order valence-electron chi connectivity index (χ4n) is 2.44. The number of nitrogens with one attached hydrogen (secondary N) is 1. The van der Waals surface area contributed by atoms with E-state index < -0.39 is 0 Å². The Morgan fingerprint density at radius 1 is 1.38 bits per heavy atom. The van der Waals surface area contributed by atoms with Gasteiger partial charge in [0, 0.05) is 18.9 Å². The fourth-order valence-corrected chi connectivity index (χ4v) is 2.44. The van der Waals surface area contributed by atoms with Gasteiger partial charge in [-0.15, -0.1) is 0 Å². The summed E-state index contributed by atoms with van der Waals surface area (Å²) >= 11 is 0. The molecule has 0 radical (unpaired) electrons. The largest absolute Gasteiger partial charge is 0.494 e. The monoisotopic (exact) mass is 291 g/mol. The second-order valence-electron chi connectivity index (χ2n) is 4.86. The molecule has 1 atom stereocenters. The molecule has 114 valence electrons. The number of benzene rings is 1. The predicted octanol–water partition coefficient (Wildman–Crippen LogP) is 3.14. The van der Waals surface area contributed by atoms with Gasteiger partial charge in [-0.3, -0.25) is 0 Å². The highest BCUT2D eigenvalue weighted by atomic mass is 19.1. The first-order valence-corrected chi connectivity index (χ1v) is 7.29. The van der Waals surface area contributed by atoms with Crippen molar-refractivity contribution in [1.82, 2.24) is 14.9 Å². The maximum absolute atomic E-state index is 14.0. The fraction of sp³-hybridized carbons (Fsp3) is 0.438. The van der Waals surface area contributed by atoms with Gasteiger partial charge < -0.3 is 14.6 Å². The lowest BCUT2D eigenvalue weighted by molar-refractivity contribution is 0.385. The molecule has 1 aromatic carbocycles. The number of hydrogen-bond acceptors (Lipinski definition) is 3. The van der Waals surface area contributed by atoms with Crippen molar-refractivity contribution in [3.8, 4) is 5.75 Å². The van der Waals surface area contributed by atoms with Crippen LogP contribution in [0, 0.1) is 5.82 Å². The van der Waals surface area contributed by atoms with E-state index in [1.54, 1.807) is 12.3 Å². The molecule has 1 N–H and O–H groups in total. The van der Waals surface area contributed by atoms with E-state index in [9.17, 15) is 4.39 Å². The molecule has 21 heavy (non-hydrogen) atoms. The molecule has 2 rings (SSSR count). The molecule has 0 saturated heterocycles. The summed E-state index contributed by atoms with van der Waals surface area (Å²) in [6.45, 7) is 5.83. The van der Waals surface area contributed by atoms with Gasteiger partial charge in [0.2, 0.25) is 0 Å². The van der Waals surface area contributed by atoms with E-state index in [1.807, 2.05) is 19.2 Å². The number of methoxy groups -OCH3 is 1. The summed E-state index contributed by atoms with van der Waals surface area (Å²) in [4.78, 5) is 4.45. The first kappa shape index (κ1) is 15.5. The summed E-state index contributed by atoms with van der Waals surface area (Å²) in [6.07, 6.45) is 4.78. The molecule has 0 spiro atoms. The van der Waals surface area contributed by atoms with Crippen molar-refractivity contribution >= 4 is 0 Å². The maximum atomic E-state index is 14.0. The predicted molar refractivity (Wildman–Crippen MR) is 81.0 cm³/mol. The van der Waals surface area contributed by atoms with Gasteiger partial charge in [0.25, 0.3) is 0 Å². The van der Waals surface area contributed by atoms with Gasteiger partial charge >= 0.3 is 0 Å². The third kappa shape index (κ3) is 3.42. The van der Waals surface area contributed by atoms with Gasteiger partial charge in [0.05, 0.1) is 13.2 Å². The molecule has 0 bridgehead atoms. The summed E-state index contributed by atoms with van der Waals surface area (Å²) < 4.78 is 21.0. The minimum absolute atomic E-state index is 0.128. The Morgan fingerprint density at radius 2 is 2.19 bits per heavy atom. The number of nitrogens with zero attached hydrogens (tertiary/aromatic N) is 2. The average molecular weight is 291 g/mol. The number of halogens is 1. The van der Waals surface area contributed by atoms with Crippen molar-refractivity contribution in [2.24, 2.45) is 0 Å². The smallest absolute Gasteiger partial charge is 0.165 e. The Kier molecular flexibility index (Phi) is 5.33. The molecule has 1 unspecified atom stereocenters. The molecule has 5 heteroatoms. The highest BCUT2D eigenvalue weighted by Crippen LogP contribution is 2.25. The lowest BCUT2D eigenvalue weighted by Crippen LogP contribution is -2.25. The molecular formula is C16H22FN3O. The van der Waals surface area contributed by atoms with E-state index in [2.05, 4.69) is 21.8 Å². The number of imidazole rings is 1. The zero-order valence-corrected chi connectivity index (χ0v) is 12.8. The zero-order chi connectivity index (χ0) is 15.2. The lowest BCUT2D eigenvalue weighted by atomic mass is 10.1. The van der Waals surface area contributed by atoms with Crippen LogP contribution in [0.25, 0.3) is 0 Å². The van der Waals surface area contributed by atoms with Gasteiger partial charge in [-0.05, 0) is 30.7 Å². The van der Waals surface area contributed by atoms with Crippen molar-refractivity contribution in [3.05, 3.63) is 47.8 Å². The average Bonchev–Trinajstić information content (AvgIpc) is 2.93. The van der Waals surface area contributed by atoms with Crippen molar-refractivity contribution < 1.29 is 9.13 Å². The van der Waals surface area contributed by atoms with E-state index in [1.165, 1.54) is 13.2 Å². The Morgan fingerprint density at radius 3 is 2.81 bits per heavy atom. The van der Waals surface area contributed by atoms with Crippen LogP contribution in [0.4, 0.5) is 4.39 Å². The van der Waals surface area contributed by atoms with Gasteiger partial charge in [0.1, 0.15) is 5.82 Å². The van der Waals surface area contributed by atoms with Gasteiger partial charge in [-0.1, -0.05) is 19.9 Å². The first-order valence-electron chi connectivity index (χ1n) is 7.29. The molecule has 0 aliphatic heterocycles. The minimum Gasteiger partial charge on any atom is -0.494 e. The Bertz CT molecular complexity index is 583. The van der Waals surface area contributed by atoms with E-state index in [4.69, 9.17) is 4.74 Å². The van der Waals surface area contributed by atoms with Gasteiger partial charge in [-0.2, -0.15) is 0 Å². The lowest BCUT2D eigenvalue weighted by Gasteiger charge is -2.20. The molecule has 0 fully saturated rings. The van der Waals surface area contributed by atoms with E-state index in [0.29, 0.717) is 0 Å². The SMILES string of the molecule is CCCn1ccnc1C(NCC)c1ccc(OC)c(F)c1. The third-order valence-corrected chi connectivity index (χ3v) is 3.39. The second-order valence-corrected chi connectivity index (χ2v) is 4.86. The van der Waals surface area contributed by atoms with Crippen LogP contribution in [0.5, 0.6) is 5.75 Å². The number of hydrogen-bond donors (Lipinski definition) is 1. The molecular weight excluding hydrogens is 269 g/mol. The molecule has 1 heterocycles. The molecule has 4 nitrogen and oxygen atoms in total. The normalized spacial score (nSPS) is 12.4. The van der Waals surface area contributed by atoms with Crippen LogP contribution in [-0.2, 0) is 6.54 Å². The van der Waals surface area contributed by atoms with Crippen LogP contribution in [0.1, 0.15) is 37.7 Å². The molecule has 2 aromatic rings.